The molecule has 0 aliphatic heterocycles. The van der Waals surface area contributed by atoms with Crippen LogP contribution in [-0.4, -0.2) is 51.5 Å². The van der Waals surface area contributed by atoms with Gasteiger partial charge in [0.15, 0.2) is 0 Å². The highest BCUT2D eigenvalue weighted by Crippen LogP contribution is 2.06. The van der Waals surface area contributed by atoms with Gasteiger partial charge in [0.2, 0.25) is 6.29 Å². The highest BCUT2D eigenvalue weighted by molar-refractivity contribution is 5.85. The summed E-state index contributed by atoms with van der Waals surface area (Å²) in [6.07, 6.45) is -1.27. The number of carbonyl (C=O) groups is 1. The topological polar surface area (TPSA) is 106 Å². The van der Waals surface area contributed by atoms with Gasteiger partial charge in [0.25, 0.3) is 0 Å². The van der Waals surface area contributed by atoms with E-state index in [1.807, 2.05) is 0 Å². The summed E-state index contributed by atoms with van der Waals surface area (Å²) in [6, 6.07) is 0. The molecule has 116 valence electrons. The van der Waals surface area contributed by atoms with Gasteiger partial charge in [-0.2, -0.15) is 0 Å². The first-order valence-corrected chi connectivity index (χ1v) is 6.08. The Hall–Kier alpha value is -0.600. The van der Waals surface area contributed by atoms with E-state index in [0.717, 1.165) is 6.42 Å². The monoisotopic (exact) mass is 300 g/mol. The average molecular weight is 301 g/mol. The van der Waals surface area contributed by atoms with E-state index in [-0.39, 0.29) is 12.4 Å². The van der Waals surface area contributed by atoms with Gasteiger partial charge in [0, 0.05) is 13.2 Å². The van der Waals surface area contributed by atoms with E-state index in [1.54, 1.807) is 13.8 Å². The molecule has 0 fully saturated rings. The highest BCUT2D eigenvalue weighted by Gasteiger charge is 2.21. The summed E-state index contributed by atoms with van der Waals surface area (Å²) in [5.41, 5.74) is 10.3. The fraction of sp³-hybridized carbons (Fsp3) is 0.909. The molecule has 0 saturated carbocycles. The first-order chi connectivity index (χ1) is 8.61. The van der Waals surface area contributed by atoms with Crippen molar-refractivity contribution >= 4 is 18.5 Å². The molecule has 0 radical (unpaired) electrons. The molecule has 1 amide bonds. The number of carbonyl (C=O) groups excluding carboxylic acids is 1. The number of hydrogen-bond acceptors (Lipinski definition) is 6. The lowest BCUT2D eigenvalue weighted by atomic mass is 10.4. The summed E-state index contributed by atoms with van der Waals surface area (Å²) < 4.78 is 20.7. The Labute approximate surface area is 120 Å². The zero-order chi connectivity index (χ0) is 13.8. The third-order valence-electron chi connectivity index (χ3n) is 2.05. The maximum Gasteiger partial charge on any atom is 0.406 e. The Kier molecular flexibility index (Phi) is 15.1. The fourth-order valence-electron chi connectivity index (χ4n) is 1.20. The van der Waals surface area contributed by atoms with Crippen LogP contribution in [0.15, 0.2) is 0 Å². The van der Waals surface area contributed by atoms with Crippen molar-refractivity contribution in [1.82, 2.24) is 0 Å². The molecular weight excluding hydrogens is 276 g/mol. The number of rotatable bonds is 11. The van der Waals surface area contributed by atoms with Gasteiger partial charge in [-0.3, -0.25) is 0 Å². The van der Waals surface area contributed by atoms with Gasteiger partial charge in [-0.15, -0.1) is 12.4 Å². The van der Waals surface area contributed by atoms with Gasteiger partial charge in [-0.1, -0.05) is 0 Å². The first-order valence-electron chi connectivity index (χ1n) is 6.08. The van der Waals surface area contributed by atoms with E-state index in [4.69, 9.17) is 30.4 Å². The van der Waals surface area contributed by atoms with E-state index < -0.39 is 18.5 Å². The predicted octanol–water partition coefficient (Wildman–Crippen LogP) is 0.637. The normalized spacial score (nSPS) is 13.4. The summed E-state index contributed by atoms with van der Waals surface area (Å²) in [4.78, 5) is 10.7. The van der Waals surface area contributed by atoms with Gasteiger partial charge >= 0.3 is 6.09 Å². The molecule has 8 heteroatoms. The van der Waals surface area contributed by atoms with E-state index in [9.17, 15) is 4.79 Å². The lowest BCUT2D eigenvalue weighted by Gasteiger charge is -2.23. The number of nitrogens with two attached hydrogens (primary N) is 2. The Bertz CT molecular complexity index is 221. The third kappa shape index (κ3) is 12.2. The lowest BCUT2D eigenvalue weighted by Crippen LogP contribution is -2.36. The molecule has 4 N–H and O–H groups in total. The number of halogens is 1. The van der Waals surface area contributed by atoms with Crippen LogP contribution in [0.2, 0.25) is 0 Å². The lowest BCUT2D eigenvalue weighted by molar-refractivity contribution is -0.172. The Morgan fingerprint density at radius 2 is 1.89 bits per heavy atom. The molecule has 19 heavy (non-hydrogen) atoms. The van der Waals surface area contributed by atoms with Crippen LogP contribution in [0.1, 0.15) is 20.3 Å². The van der Waals surface area contributed by atoms with E-state index in [2.05, 4.69) is 0 Å². The summed E-state index contributed by atoms with van der Waals surface area (Å²) in [5.74, 6) is 0. The van der Waals surface area contributed by atoms with Crippen molar-refractivity contribution in [2.45, 2.75) is 32.7 Å². The molecule has 0 rings (SSSR count). The molecule has 0 aromatic rings. The average Bonchev–Trinajstić information content (AvgIpc) is 2.32. The zero-order valence-electron chi connectivity index (χ0n) is 11.5. The summed E-state index contributed by atoms with van der Waals surface area (Å²) in [7, 11) is 0. The van der Waals surface area contributed by atoms with Gasteiger partial charge < -0.3 is 30.4 Å². The van der Waals surface area contributed by atoms with Crippen LogP contribution < -0.4 is 11.5 Å². The van der Waals surface area contributed by atoms with Crippen molar-refractivity contribution in [1.29, 1.82) is 0 Å². The fourth-order valence-corrected chi connectivity index (χ4v) is 1.20. The SMILES string of the molecule is CCOC(OC(N)=O)C(C)OCCOCCCN.Cl. The number of hydrogen-bond donors (Lipinski definition) is 2. The molecule has 0 saturated heterocycles. The van der Waals surface area contributed by atoms with Gasteiger partial charge in [0.1, 0.15) is 6.10 Å². The van der Waals surface area contributed by atoms with Crippen molar-refractivity contribution < 1.29 is 23.7 Å². The zero-order valence-corrected chi connectivity index (χ0v) is 12.3. The molecule has 7 nitrogen and oxygen atoms in total. The molecule has 0 aromatic carbocycles. The molecule has 2 atom stereocenters. The van der Waals surface area contributed by atoms with Crippen LogP contribution in [0.3, 0.4) is 0 Å². The van der Waals surface area contributed by atoms with Crippen molar-refractivity contribution in [3.63, 3.8) is 0 Å². The smallest absolute Gasteiger partial charge is 0.406 e. The van der Waals surface area contributed by atoms with Crippen molar-refractivity contribution in [3.05, 3.63) is 0 Å². The first kappa shape index (κ1) is 20.7. The Morgan fingerprint density at radius 1 is 1.21 bits per heavy atom. The largest absolute Gasteiger partial charge is 0.417 e. The van der Waals surface area contributed by atoms with Crippen molar-refractivity contribution in [2.24, 2.45) is 11.5 Å². The second kappa shape index (κ2) is 13.8. The molecular formula is C11H25ClN2O5. The minimum absolute atomic E-state index is 0. The van der Waals surface area contributed by atoms with E-state index in [0.29, 0.717) is 33.0 Å². The summed E-state index contributed by atoms with van der Waals surface area (Å²) >= 11 is 0. The third-order valence-corrected chi connectivity index (χ3v) is 2.05. The maximum atomic E-state index is 10.7. The standard InChI is InChI=1S/C11H24N2O5.ClH/c1-3-16-10(18-11(13)14)9(2)17-8-7-15-6-4-5-12;/h9-10H,3-8,12H2,1-2H3,(H2,13,14);1H. The highest BCUT2D eigenvalue weighted by atomic mass is 35.5. The number of primary amides is 1. The molecule has 0 spiro atoms. The molecule has 0 aromatic heterocycles. The number of amides is 1. The summed E-state index contributed by atoms with van der Waals surface area (Å²) in [5, 5.41) is 0. The Morgan fingerprint density at radius 3 is 2.42 bits per heavy atom. The van der Waals surface area contributed by atoms with Crippen LogP contribution in [0.5, 0.6) is 0 Å². The van der Waals surface area contributed by atoms with Gasteiger partial charge in [-0.05, 0) is 26.8 Å². The predicted molar refractivity (Wildman–Crippen MR) is 73.2 cm³/mol. The molecule has 0 aliphatic carbocycles. The van der Waals surface area contributed by atoms with Crippen LogP contribution in [0.4, 0.5) is 4.79 Å². The van der Waals surface area contributed by atoms with Crippen LogP contribution >= 0.6 is 12.4 Å². The minimum atomic E-state index is -0.886. The van der Waals surface area contributed by atoms with Gasteiger partial charge in [0.05, 0.1) is 13.2 Å². The van der Waals surface area contributed by atoms with E-state index >= 15 is 0 Å². The second-order valence-electron chi connectivity index (χ2n) is 3.59. The minimum Gasteiger partial charge on any atom is -0.417 e. The van der Waals surface area contributed by atoms with Crippen LogP contribution in [-0.2, 0) is 18.9 Å². The van der Waals surface area contributed by atoms with E-state index in [1.165, 1.54) is 0 Å². The van der Waals surface area contributed by atoms with Crippen LogP contribution in [0, 0.1) is 0 Å². The van der Waals surface area contributed by atoms with Crippen LogP contribution in [0.25, 0.3) is 0 Å². The Balaban J connectivity index is 0. The quantitative estimate of drug-likeness (QED) is 0.428. The molecule has 2 unspecified atom stereocenters. The molecule has 0 aliphatic rings. The van der Waals surface area contributed by atoms with Crippen molar-refractivity contribution in [3.8, 4) is 0 Å². The molecule has 0 heterocycles. The summed E-state index contributed by atoms with van der Waals surface area (Å²) in [6.45, 7) is 6.00. The second-order valence-corrected chi connectivity index (χ2v) is 3.59. The number of ether oxygens (including phenoxy) is 4. The maximum absolute atomic E-state index is 10.7. The van der Waals surface area contributed by atoms with Gasteiger partial charge in [-0.25, -0.2) is 4.79 Å². The van der Waals surface area contributed by atoms with Crippen molar-refractivity contribution in [2.75, 3.05) is 33.0 Å². The molecule has 0 bridgehead atoms.